The van der Waals surface area contributed by atoms with E-state index in [1.807, 2.05) is 32.9 Å². The molecule has 0 spiro atoms. The minimum atomic E-state index is -0.215. The Morgan fingerprint density at radius 2 is 2.10 bits per heavy atom. The third-order valence-electron chi connectivity index (χ3n) is 3.10. The van der Waals surface area contributed by atoms with E-state index in [9.17, 15) is 4.79 Å². The maximum Gasteiger partial charge on any atom is 0.228 e. The highest BCUT2D eigenvalue weighted by Gasteiger charge is 2.21. The highest BCUT2D eigenvalue weighted by molar-refractivity contribution is 5.94. The first kappa shape index (κ1) is 17.5. The summed E-state index contributed by atoms with van der Waals surface area (Å²) >= 11 is 0. The SMILES string of the molecule is CC(CN)C(=O)Nc1ccc2oc(C(C)(C)C)nc2c1.Cl. The lowest BCUT2D eigenvalue weighted by Crippen LogP contribution is -2.26. The Bertz CT molecular complexity index is 631. The minimum Gasteiger partial charge on any atom is -0.440 e. The van der Waals surface area contributed by atoms with Crippen molar-refractivity contribution in [3.05, 3.63) is 24.1 Å². The number of carbonyl (C=O) groups excluding carboxylic acids is 1. The molecule has 1 heterocycles. The van der Waals surface area contributed by atoms with Crippen LogP contribution in [0.25, 0.3) is 11.1 Å². The highest BCUT2D eigenvalue weighted by Crippen LogP contribution is 2.27. The summed E-state index contributed by atoms with van der Waals surface area (Å²) in [6.45, 7) is 8.25. The van der Waals surface area contributed by atoms with Crippen LogP contribution in [0.2, 0.25) is 0 Å². The largest absolute Gasteiger partial charge is 0.440 e. The molecule has 1 atom stereocenters. The molecule has 116 valence electrons. The number of nitrogens with two attached hydrogens (primary N) is 1. The van der Waals surface area contributed by atoms with Crippen molar-refractivity contribution in [2.45, 2.75) is 33.1 Å². The fourth-order valence-electron chi connectivity index (χ4n) is 1.70. The zero-order valence-electron chi connectivity index (χ0n) is 12.8. The molecule has 0 saturated heterocycles. The Kier molecular flexibility index (Phi) is 5.36. The number of nitrogens with zero attached hydrogens (tertiary/aromatic N) is 1. The number of anilines is 1. The number of hydrogen-bond donors (Lipinski definition) is 2. The third kappa shape index (κ3) is 3.95. The maximum atomic E-state index is 11.8. The van der Waals surface area contributed by atoms with Gasteiger partial charge in [-0.3, -0.25) is 4.79 Å². The predicted octanol–water partition coefficient (Wildman–Crippen LogP) is 3.08. The molecule has 0 fully saturated rings. The number of aromatic nitrogens is 1. The molecule has 1 aromatic heterocycles. The first-order valence-corrected chi connectivity index (χ1v) is 6.73. The van der Waals surface area contributed by atoms with Crippen molar-refractivity contribution in [2.24, 2.45) is 11.7 Å². The van der Waals surface area contributed by atoms with Gasteiger partial charge < -0.3 is 15.5 Å². The molecule has 2 aromatic rings. The van der Waals surface area contributed by atoms with Crippen LogP contribution in [0, 0.1) is 5.92 Å². The van der Waals surface area contributed by atoms with Gasteiger partial charge in [-0.2, -0.15) is 0 Å². The van der Waals surface area contributed by atoms with E-state index in [1.54, 1.807) is 13.0 Å². The van der Waals surface area contributed by atoms with E-state index >= 15 is 0 Å². The second-order valence-electron chi connectivity index (χ2n) is 6.08. The number of nitrogens with one attached hydrogen (secondary N) is 1. The number of halogens is 1. The first-order chi connectivity index (χ1) is 9.31. The van der Waals surface area contributed by atoms with Crippen LogP contribution >= 0.6 is 12.4 Å². The Balaban J connectivity index is 0.00000220. The van der Waals surface area contributed by atoms with Gasteiger partial charge in [-0.05, 0) is 18.2 Å². The number of fused-ring (bicyclic) bond motifs is 1. The smallest absolute Gasteiger partial charge is 0.228 e. The highest BCUT2D eigenvalue weighted by atomic mass is 35.5. The number of oxazole rings is 1. The van der Waals surface area contributed by atoms with E-state index in [-0.39, 0.29) is 29.6 Å². The van der Waals surface area contributed by atoms with E-state index in [2.05, 4.69) is 10.3 Å². The van der Waals surface area contributed by atoms with E-state index in [0.29, 0.717) is 18.1 Å². The monoisotopic (exact) mass is 311 g/mol. The molecule has 0 bridgehead atoms. The molecular weight excluding hydrogens is 290 g/mol. The van der Waals surface area contributed by atoms with Crippen LogP contribution < -0.4 is 11.1 Å². The average Bonchev–Trinajstić information content (AvgIpc) is 2.80. The van der Waals surface area contributed by atoms with Crippen molar-refractivity contribution in [1.82, 2.24) is 4.98 Å². The van der Waals surface area contributed by atoms with Crippen LogP contribution in [-0.4, -0.2) is 17.4 Å². The van der Waals surface area contributed by atoms with Crippen LogP contribution in [0.5, 0.6) is 0 Å². The average molecular weight is 312 g/mol. The van der Waals surface area contributed by atoms with Crippen molar-refractivity contribution in [3.8, 4) is 0 Å². The Hall–Kier alpha value is -1.59. The summed E-state index contributed by atoms with van der Waals surface area (Å²) in [5.41, 5.74) is 7.51. The molecule has 0 radical (unpaired) electrons. The van der Waals surface area contributed by atoms with E-state index in [4.69, 9.17) is 10.2 Å². The lowest BCUT2D eigenvalue weighted by atomic mass is 9.97. The molecule has 2 rings (SSSR count). The van der Waals surface area contributed by atoms with Gasteiger partial charge in [0.25, 0.3) is 0 Å². The lowest BCUT2D eigenvalue weighted by molar-refractivity contribution is -0.119. The van der Waals surface area contributed by atoms with Gasteiger partial charge in [0.05, 0.1) is 0 Å². The van der Waals surface area contributed by atoms with Gasteiger partial charge in [-0.25, -0.2) is 4.98 Å². The predicted molar refractivity (Wildman–Crippen MR) is 86.8 cm³/mol. The van der Waals surface area contributed by atoms with Crippen molar-refractivity contribution < 1.29 is 9.21 Å². The van der Waals surface area contributed by atoms with Crippen LogP contribution in [0.4, 0.5) is 5.69 Å². The van der Waals surface area contributed by atoms with Gasteiger partial charge >= 0.3 is 0 Å². The summed E-state index contributed by atoms with van der Waals surface area (Å²) < 4.78 is 5.72. The normalized spacial score (nSPS) is 12.8. The number of rotatable bonds is 3. The van der Waals surface area contributed by atoms with E-state index in [0.717, 1.165) is 11.1 Å². The topological polar surface area (TPSA) is 81.2 Å². The second kappa shape index (κ2) is 6.45. The Labute approximate surface area is 130 Å². The summed E-state index contributed by atoms with van der Waals surface area (Å²) in [5, 5.41) is 2.83. The molecule has 1 amide bonds. The third-order valence-corrected chi connectivity index (χ3v) is 3.10. The molecule has 6 heteroatoms. The maximum absolute atomic E-state index is 11.8. The fraction of sp³-hybridized carbons (Fsp3) is 0.467. The molecular formula is C15H22ClN3O2. The van der Waals surface area contributed by atoms with E-state index < -0.39 is 0 Å². The summed E-state index contributed by atoms with van der Waals surface area (Å²) in [6.07, 6.45) is 0. The molecule has 1 unspecified atom stereocenters. The molecule has 21 heavy (non-hydrogen) atoms. The zero-order chi connectivity index (χ0) is 14.9. The number of carbonyl (C=O) groups is 1. The summed E-state index contributed by atoms with van der Waals surface area (Å²) in [4.78, 5) is 16.3. The van der Waals surface area contributed by atoms with Crippen molar-refractivity contribution in [1.29, 1.82) is 0 Å². The van der Waals surface area contributed by atoms with Gasteiger partial charge in [-0.15, -0.1) is 12.4 Å². The van der Waals surface area contributed by atoms with Crippen LogP contribution in [0.3, 0.4) is 0 Å². The van der Waals surface area contributed by atoms with E-state index in [1.165, 1.54) is 0 Å². The quantitative estimate of drug-likeness (QED) is 0.912. The molecule has 0 saturated carbocycles. The molecule has 3 N–H and O–H groups in total. The molecule has 0 aliphatic heterocycles. The Morgan fingerprint density at radius 1 is 1.43 bits per heavy atom. The summed E-state index contributed by atoms with van der Waals surface area (Å²) in [5.74, 6) is 0.380. The Morgan fingerprint density at radius 3 is 2.67 bits per heavy atom. The van der Waals surface area contributed by atoms with Gasteiger partial charge in [-0.1, -0.05) is 27.7 Å². The number of benzene rings is 1. The van der Waals surface area contributed by atoms with Gasteiger partial charge in [0.1, 0.15) is 5.52 Å². The van der Waals surface area contributed by atoms with Crippen LogP contribution in [-0.2, 0) is 10.2 Å². The fourth-order valence-corrected chi connectivity index (χ4v) is 1.70. The minimum absolute atomic E-state index is 0. The standard InChI is InChI=1S/C15H21N3O2.ClH/c1-9(8-16)13(19)17-10-5-6-12-11(7-10)18-14(20-12)15(2,3)4;/h5-7,9H,8,16H2,1-4H3,(H,17,19);1H. The molecule has 5 nitrogen and oxygen atoms in total. The second-order valence-corrected chi connectivity index (χ2v) is 6.08. The first-order valence-electron chi connectivity index (χ1n) is 6.73. The zero-order valence-corrected chi connectivity index (χ0v) is 13.6. The lowest BCUT2D eigenvalue weighted by Gasteiger charge is -2.11. The summed E-state index contributed by atoms with van der Waals surface area (Å²) in [7, 11) is 0. The molecule has 0 aliphatic rings. The van der Waals surface area contributed by atoms with Crippen molar-refractivity contribution in [2.75, 3.05) is 11.9 Å². The molecule has 0 aliphatic carbocycles. The van der Waals surface area contributed by atoms with Crippen LogP contribution in [0.1, 0.15) is 33.6 Å². The van der Waals surface area contributed by atoms with Gasteiger partial charge in [0.2, 0.25) is 11.8 Å². The van der Waals surface area contributed by atoms with Gasteiger partial charge in [0, 0.05) is 23.6 Å². The van der Waals surface area contributed by atoms with Crippen LogP contribution in [0.15, 0.2) is 22.6 Å². The number of amides is 1. The molecule has 1 aromatic carbocycles. The van der Waals surface area contributed by atoms with Crippen molar-refractivity contribution in [3.63, 3.8) is 0 Å². The van der Waals surface area contributed by atoms with Crippen molar-refractivity contribution >= 4 is 35.1 Å². The summed E-state index contributed by atoms with van der Waals surface area (Å²) in [6, 6.07) is 5.44. The number of hydrogen-bond acceptors (Lipinski definition) is 4. The van der Waals surface area contributed by atoms with Gasteiger partial charge in [0.15, 0.2) is 5.58 Å².